The molecule has 2 aromatic carbocycles. The van der Waals surface area contributed by atoms with Crippen LogP contribution in [0.1, 0.15) is 39.9 Å². The number of imidazole rings is 1. The van der Waals surface area contributed by atoms with Crippen LogP contribution in [0.2, 0.25) is 0 Å². The molecular weight excluding hydrogens is 449 g/mol. The van der Waals surface area contributed by atoms with Crippen molar-refractivity contribution in [3.8, 4) is 11.4 Å². The number of amides is 1. The monoisotopic (exact) mass is 477 g/mol. The number of carbonyl (C=O) groups is 1. The first kappa shape index (κ1) is 17.9. The molecule has 10 heteroatoms. The Hall–Kier alpha value is -4.47. The van der Waals surface area contributed by atoms with Crippen LogP contribution in [0.5, 0.6) is 0 Å². The van der Waals surface area contributed by atoms with Crippen LogP contribution < -0.4 is 16.6 Å². The molecule has 3 N–H and O–H groups in total. The van der Waals surface area contributed by atoms with E-state index in [2.05, 4.69) is 15.4 Å². The molecule has 178 valence electrons. The third kappa shape index (κ3) is 3.54. The zero-order chi connectivity index (χ0) is 28.4. The van der Waals surface area contributed by atoms with Crippen LogP contribution in [0.3, 0.4) is 0 Å². The third-order valence-electron chi connectivity index (χ3n) is 5.92. The average molecular weight is 478 g/mol. The van der Waals surface area contributed by atoms with Gasteiger partial charge in [0.25, 0.3) is 11.5 Å². The fourth-order valence-corrected chi connectivity index (χ4v) is 4.31. The van der Waals surface area contributed by atoms with Gasteiger partial charge < -0.3 is 11.1 Å². The van der Waals surface area contributed by atoms with Gasteiger partial charge in [0.2, 0.25) is 0 Å². The number of nitrogens with two attached hydrogens (primary N) is 1. The normalized spacial score (nSPS) is 15.3. The molecule has 35 heavy (non-hydrogen) atoms. The first-order valence-corrected chi connectivity index (χ1v) is 10.6. The van der Waals surface area contributed by atoms with Gasteiger partial charge in [0.05, 0.1) is 29.5 Å². The van der Waals surface area contributed by atoms with Crippen molar-refractivity contribution in [3.05, 3.63) is 81.8 Å². The average Bonchev–Trinajstić information content (AvgIpc) is 3.44. The van der Waals surface area contributed by atoms with Gasteiger partial charge in [0.1, 0.15) is 23.5 Å². The number of rotatable bonds is 5. The Bertz CT molecular complexity index is 1850. The van der Waals surface area contributed by atoms with E-state index < -0.39 is 30.3 Å². The number of aryl methyl sites for hydroxylation is 3. The summed E-state index contributed by atoms with van der Waals surface area (Å²) in [4.78, 5) is 30.3. The predicted molar refractivity (Wildman–Crippen MR) is 132 cm³/mol. The molecule has 5 aromatic rings. The fraction of sp³-hybridized carbons (Fsp3) is 0.200. The summed E-state index contributed by atoms with van der Waals surface area (Å²) in [7, 11) is 1.66. The van der Waals surface area contributed by atoms with E-state index in [4.69, 9.17) is 9.85 Å². The molecule has 0 radical (unpaired) electrons. The second kappa shape index (κ2) is 8.08. The number of anilines is 1. The number of nitrogens with one attached hydrogen (secondary N) is 1. The van der Waals surface area contributed by atoms with Gasteiger partial charge in [-0.25, -0.2) is 9.37 Å². The number of fused-ring (bicyclic) bond motifs is 3. The molecule has 1 unspecified atom stereocenters. The maximum atomic E-state index is 13.8. The zero-order valence-electron chi connectivity index (χ0n) is 23.1. The fourth-order valence-electron chi connectivity index (χ4n) is 4.31. The van der Waals surface area contributed by atoms with E-state index in [1.54, 1.807) is 32.2 Å². The van der Waals surface area contributed by atoms with Crippen LogP contribution in [0.25, 0.3) is 27.9 Å². The predicted octanol–water partition coefficient (Wildman–Crippen LogP) is 3.31. The molecular formula is C25H24FN7O2. The van der Waals surface area contributed by atoms with Crippen molar-refractivity contribution < 1.29 is 14.7 Å². The second-order valence-electron chi connectivity index (χ2n) is 8.28. The lowest BCUT2D eigenvalue weighted by molar-refractivity contribution is 0.100. The number of aromatic nitrogens is 5. The van der Waals surface area contributed by atoms with E-state index in [1.165, 1.54) is 34.6 Å². The largest absolute Gasteiger partial charge is 0.378 e. The molecule has 0 aliphatic heterocycles. The summed E-state index contributed by atoms with van der Waals surface area (Å²) in [5, 5.41) is 7.12. The Morgan fingerprint density at radius 3 is 2.77 bits per heavy atom. The standard InChI is InChI=1S/C25H24FN7O2/c1-13-9-16(14(2)30-19-6-5-15(26)11-17(19)23(27)34)22-18(10-13)25(35)31(3)24-21(28-12-33(22)24)20-7-8-29-32(20)4/h5-12,14,30H,1-4H3,(H2,27,34)/i3D3,14D. The minimum atomic E-state index is -2.85. The Morgan fingerprint density at radius 2 is 2.09 bits per heavy atom. The SMILES string of the molecule is [2H]C(C)(Nc1ccc(F)cc1C(N)=O)c1cc(C)cc2c(=O)n(C([2H])([2H])[2H])c3c(-c4ccnn4C)ncn3c12. The Balaban J connectivity index is 1.87. The summed E-state index contributed by atoms with van der Waals surface area (Å²) < 4.78 is 51.2. The van der Waals surface area contributed by atoms with Gasteiger partial charge in [-0.2, -0.15) is 5.10 Å². The van der Waals surface area contributed by atoms with Crippen molar-refractivity contribution in [1.29, 1.82) is 0 Å². The number of halogens is 1. The minimum Gasteiger partial charge on any atom is -0.378 e. The van der Waals surface area contributed by atoms with Gasteiger partial charge in [0.15, 0.2) is 0 Å². The van der Waals surface area contributed by atoms with E-state index in [-0.39, 0.29) is 39.1 Å². The van der Waals surface area contributed by atoms with Crippen LogP contribution in [-0.4, -0.2) is 29.6 Å². The molecule has 1 atom stereocenters. The quantitative estimate of drug-likeness (QED) is 0.403. The van der Waals surface area contributed by atoms with Crippen molar-refractivity contribution in [1.82, 2.24) is 23.7 Å². The van der Waals surface area contributed by atoms with Crippen LogP contribution in [0, 0.1) is 12.7 Å². The van der Waals surface area contributed by atoms with Crippen LogP contribution in [0.4, 0.5) is 10.1 Å². The highest BCUT2D eigenvalue weighted by Crippen LogP contribution is 2.31. The Labute approximate surface area is 205 Å². The molecule has 3 aromatic heterocycles. The van der Waals surface area contributed by atoms with Crippen molar-refractivity contribution in [2.24, 2.45) is 19.8 Å². The summed E-state index contributed by atoms with van der Waals surface area (Å²) in [5.74, 6) is -1.56. The molecule has 3 heterocycles. The van der Waals surface area contributed by atoms with Crippen LogP contribution in [0.15, 0.2) is 53.7 Å². The third-order valence-corrected chi connectivity index (χ3v) is 5.92. The Kier molecular flexibility index (Phi) is 4.14. The number of hydrogen-bond donors (Lipinski definition) is 2. The van der Waals surface area contributed by atoms with Crippen molar-refractivity contribution in [2.75, 3.05) is 5.32 Å². The highest BCUT2D eigenvalue weighted by Gasteiger charge is 2.22. The maximum absolute atomic E-state index is 13.8. The Morgan fingerprint density at radius 1 is 1.29 bits per heavy atom. The smallest absolute Gasteiger partial charge is 0.261 e. The van der Waals surface area contributed by atoms with Gasteiger partial charge in [0, 0.05) is 30.0 Å². The molecule has 0 aliphatic carbocycles. The van der Waals surface area contributed by atoms with Crippen LogP contribution in [-0.2, 0) is 14.0 Å². The highest BCUT2D eigenvalue weighted by atomic mass is 19.1. The van der Waals surface area contributed by atoms with Gasteiger partial charge in [-0.1, -0.05) is 6.07 Å². The number of benzene rings is 2. The minimum absolute atomic E-state index is 0.00314. The van der Waals surface area contributed by atoms with E-state index in [0.29, 0.717) is 15.8 Å². The number of carbonyl (C=O) groups excluding carboxylic acids is 1. The topological polar surface area (TPSA) is 112 Å². The summed E-state index contributed by atoms with van der Waals surface area (Å²) >= 11 is 0. The lowest BCUT2D eigenvalue weighted by Crippen LogP contribution is -2.22. The van der Waals surface area contributed by atoms with Crippen molar-refractivity contribution in [3.63, 3.8) is 0 Å². The van der Waals surface area contributed by atoms with Gasteiger partial charge in [-0.05, 0) is 55.3 Å². The zero-order valence-corrected chi connectivity index (χ0v) is 19.1. The van der Waals surface area contributed by atoms with Gasteiger partial charge in [-0.15, -0.1) is 0 Å². The maximum Gasteiger partial charge on any atom is 0.261 e. The summed E-state index contributed by atoms with van der Waals surface area (Å²) in [6.07, 6.45) is 2.92. The second-order valence-corrected chi connectivity index (χ2v) is 8.28. The van der Waals surface area contributed by atoms with E-state index in [9.17, 15) is 15.4 Å². The molecule has 5 rings (SSSR count). The summed E-state index contributed by atoms with van der Waals surface area (Å²) in [6, 6.07) is 6.56. The molecule has 0 bridgehead atoms. The first-order valence-electron chi connectivity index (χ1n) is 12.6. The molecule has 0 saturated carbocycles. The summed E-state index contributed by atoms with van der Waals surface area (Å²) in [5.41, 5.74) is 6.43. The van der Waals surface area contributed by atoms with E-state index in [0.717, 1.165) is 12.1 Å². The molecule has 0 fully saturated rings. The van der Waals surface area contributed by atoms with E-state index in [1.807, 2.05) is 0 Å². The van der Waals surface area contributed by atoms with Crippen LogP contribution >= 0.6 is 0 Å². The molecule has 9 nitrogen and oxygen atoms in total. The summed E-state index contributed by atoms with van der Waals surface area (Å²) in [6.45, 7) is 0.357. The number of nitrogens with zero attached hydrogens (tertiary/aromatic N) is 5. The molecule has 0 saturated heterocycles. The lowest BCUT2D eigenvalue weighted by Gasteiger charge is -2.21. The highest BCUT2D eigenvalue weighted by molar-refractivity contribution is 5.98. The lowest BCUT2D eigenvalue weighted by atomic mass is 10.00. The first-order chi connectivity index (χ1) is 18.2. The molecule has 0 spiro atoms. The van der Waals surface area contributed by atoms with Gasteiger partial charge in [-0.3, -0.25) is 23.2 Å². The van der Waals surface area contributed by atoms with Gasteiger partial charge >= 0.3 is 0 Å². The number of primary amides is 1. The van der Waals surface area contributed by atoms with E-state index >= 15 is 0 Å². The molecule has 0 aliphatic rings. The van der Waals surface area contributed by atoms with Crippen molar-refractivity contribution in [2.45, 2.75) is 19.9 Å². The molecule has 1 amide bonds. The van der Waals surface area contributed by atoms with Crippen molar-refractivity contribution >= 4 is 28.1 Å². The number of hydrogen-bond acceptors (Lipinski definition) is 5.